The molecular weight excluding hydrogens is 356 g/mol. The lowest BCUT2D eigenvalue weighted by atomic mass is 9.89. The third kappa shape index (κ3) is 4.24. The fraction of sp³-hybridized carbons (Fsp3) is 0.350. The largest absolute Gasteiger partial charge is 0.611 e. The van der Waals surface area contributed by atoms with Gasteiger partial charge in [0.1, 0.15) is 17.4 Å². The summed E-state index contributed by atoms with van der Waals surface area (Å²) in [6, 6.07) is 9.94. The minimum Gasteiger partial charge on any atom is -0.611 e. The lowest BCUT2D eigenvalue weighted by molar-refractivity contribution is 0.113. The number of halogens is 2. The SMILES string of the molecule is N#Cc1cc([S+]([O-])CC2CCC(O)CC2)ccc1-c1ccc(F)cc1F. The number of nitriles is 1. The molecule has 2 aromatic rings. The number of benzene rings is 2. The number of aliphatic hydroxyl groups excluding tert-OH is 1. The van der Waals surface area contributed by atoms with Crippen LogP contribution in [0.15, 0.2) is 41.3 Å². The molecule has 1 aliphatic rings. The summed E-state index contributed by atoms with van der Waals surface area (Å²) in [4.78, 5) is 0.527. The molecule has 0 amide bonds. The Balaban J connectivity index is 1.81. The number of aliphatic hydroxyl groups is 1. The lowest BCUT2D eigenvalue weighted by Crippen LogP contribution is -2.24. The van der Waals surface area contributed by atoms with Gasteiger partial charge in [0.25, 0.3) is 0 Å². The van der Waals surface area contributed by atoms with E-state index in [1.165, 1.54) is 12.1 Å². The molecule has 1 N–H and O–H groups in total. The minimum absolute atomic E-state index is 0.140. The molecule has 1 fully saturated rings. The summed E-state index contributed by atoms with van der Waals surface area (Å²) in [5.74, 6) is -0.641. The van der Waals surface area contributed by atoms with Crippen LogP contribution in [0.25, 0.3) is 11.1 Å². The fourth-order valence-corrected chi connectivity index (χ4v) is 4.75. The molecule has 0 saturated heterocycles. The Morgan fingerprint density at radius 2 is 1.77 bits per heavy atom. The van der Waals surface area contributed by atoms with Crippen molar-refractivity contribution in [3.8, 4) is 17.2 Å². The topological polar surface area (TPSA) is 67.1 Å². The molecule has 0 aliphatic heterocycles. The van der Waals surface area contributed by atoms with E-state index >= 15 is 0 Å². The van der Waals surface area contributed by atoms with Crippen molar-refractivity contribution in [2.45, 2.75) is 36.7 Å². The van der Waals surface area contributed by atoms with Crippen molar-refractivity contribution in [3.63, 3.8) is 0 Å². The molecule has 6 heteroatoms. The summed E-state index contributed by atoms with van der Waals surface area (Å²) >= 11 is -1.26. The maximum absolute atomic E-state index is 14.0. The molecule has 0 radical (unpaired) electrons. The van der Waals surface area contributed by atoms with Gasteiger partial charge in [0.15, 0.2) is 4.90 Å². The second kappa shape index (κ2) is 8.17. The van der Waals surface area contributed by atoms with Gasteiger partial charge < -0.3 is 9.66 Å². The van der Waals surface area contributed by atoms with Crippen molar-refractivity contribution in [1.82, 2.24) is 0 Å². The normalized spacial score (nSPS) is 21.2. The Bertz CT molecular complexity index is 829. The van der Waals surface area contributed by atoms with Crippen LogP contribution in [0.3, 0.4) is 0 Å². The molecule has 1 atom stereocenters. The molecule has 3 rings (SSSR count). The first-order valence-electron chi connectivity index (χ1n) is 8.54. The molecule has 0 heterocycles. The van der Waals surface area contributed by atoms with Gasteiger partial charge in [-0.1, -0.05) is 0 Å². The minimum atomic E-state index is -1.26. The molecule has 0 spiro atoms. The van der Waals surface area contributed by atoms with Crippen LogP contribution < -0.4 is 0 Å². The Labute approximate surface area is 154 Å². The summed E-state index contributed by atoms with van der Waals surface area (Å²) < 4.78 is 39.8. The lowest BCUT2D eigenvalue weighted by Gasteiger charge is -2.25. The summed E-state index contributed by atoms with van der Waals surface area (Å²) in [5, 5.41) is 19.0. The quantitative estimate of drug-likeness (QED) is 0.816. The number of hydrogen-bond donors (Lipinski definition) is 1. The van der Waals surface area contributed by atoms with Crippen LogP contribution in [0.4, 0.5) is 8.78 Å². The fourth-order valence-electron chi connectivity index (χ4n) is 3.32. The van der Waals surface area contributed by atoms with E-state index in [4.69, 9.17) is 0 Å². The summed E-state index contributed by atoms with van der Waals surface area (Å²) in [6.07, 6.45) is 2.89. The molecule has 1 saturated carbocycles. The summed E-state index contributed by atoms with van der Waals surface area (Å²) in [7, 11) is 0. The molecule has 136 valence electrons. The van der Waals surface area contributed by atoms with E-state index in [0.717, 1.165) is 37.8 Å². The van der Waals surface area contributed by atoms with Gasteiger partial charge in [-0.15, -0.1) is 0 Å². The number of rotatable bonds is 4. The highest BCUT2D eigenvalue weighted by Crippen LogP contribution is 2.31. The zero-order chi connectivity index (χ0) is 18.7. The van der Waals surface area contributed by atoms with Gasteiger partial charge in [0.05, 0.1) is 17.7 Å². The predicted molar refractivity (Wildman–Crippen MR) is 95.7 cm³/mol. The first-order chi connectivity index (χ1) is 12.5. The first kappa shape index (κ1) is 18.8. The average Bonchev–Trinajstić information content (AvgIpc) is 2.63. The second-order valence-corrected chi connectivity index (χ2v) is 8.13. The molecule has 3 nitrogen and oxygen atoms in total. The van der Waals surface area contributed by atoms with Crippen molar-refractivity contribution in [1.29, 1.82) is 5.26 Å². The van der Waals surface area contributed by atoms with E-state index in [0.29, 0.717) is 22.1 Å². The van der Waals surface area contributed by atoms with E-state index in [1.54, 1.807) is 12.1 Å². The molecular formula is C20H19F2NO2S. The molecule has 0 aromatic heterocycles. The standard InChI is InChI=1S/C20H19F2NO2S/c21-15-3-7-19(20(22)10-15)18-8-6-17(9-14(18)11-23)26(25)12-13-1-4-16(24)5-2-13/h3,6-10,13,16,24H,1-2,4-5,12H2. The van der Waals surface area contributed by atoms with Crippen LogP contribution in [-0.4, -0.2) is 21.5 Å². The highest BCUT2D eigenvalue weighted by atomic mass is 32.2. The Kier molecular flexibility index (Phi) is 5.92. The predicted octanol–water partition coefficient (Wildman–Crippen LogP) is 4.16. The number of hydrogen-bond acceptors (Lipinski definition) is 3. The van der Waals surface area contributed by atoms with Gasteiger partial charge >= 0.3 is 0 Å². The first-order valence-corrected chi connectivity index (χ1v) is 9.86. The maximum Gasteiger partial charge on any atom is 0.154 e. The monoisotopic (exact) mass is 375 g/mol. The van der Waals surface area contributed by atoms with E-state index < -0.39 is 22.8 Å². The molecule has 1 aliphatic carbocycles. The molecule has 0 bridgehead atoms. The Morgan fingerprint density at radius 1 is 1.08 bits per heavy atom. The van der Waals surface area contributed by atoms with Gasteiger partial charge in [0.2, 0.25) is 0 Å². The van der Waals surface area contributed by atoms with Crippen molar-refractivity contribution in [3.05, 3.63) is 53.6 Å². The van der Waals surface area contributed by atoms with Crippen LogP contribution in [-0.2, 0) is 11.2 Å². The van der Waals surface area contributed by atoms with Gasteiger partial charge in [-0.25, -0.2) is 8.78 Å². The van der Waals surface area contributed by atoms with Gasteiger partial charge in [-0.2, -0.15) is 5.26 Å². The van der Waals surface area contributed by atoms with Gasteiger partial charge in [0, 0.05) is 29.2 Å². The third-order valence-electron chi connectivity index (χ3n) is 4.80. The molecule has 1 unspecified atom stereocenters. The smallest absolute Gasteiger partial charge is 0.154 e. The van der Waals surface area contributed by atoms with Crippen molar-refractivity contribution in [2.75, 3.05) is 5.75 Å². The Morgan fingerprint density at radius 3 is 2.42 bits per heavy atom. The van der Waals surface area contributed by atoms with Crippen LogP contribution in [0.5, 0.6) is 0 Å². The zero-order valence-corrected chi connectivity index (χ0v) is 14.9. The van der Waals surface area contributed by atoms with Crippen LogP contribution in [0.2, 0.25) is 0 Å². The molecule has 26 heavy (non-hydrogen) atoms. The summed E-state index contributed by atoms with van der Waals surface area (Å²) in [6.45, 7) is 0. The Hall–Kier alpha value is -1.94. The van der Waals surface area contributed by atoms with E-state index in [1.807, 2.05) is 6.07 Å². The highest BCUT2D eigenvalue weighted by molar-refractivity contribution is 7.91. The van der Waals surface area contributed by atoms with E-state index in [9.17, 15) is 23.7 Å². The van der Waals surface area contributed by atoms with E-state index in [2.05, 4.69) is 0 Å². The number of nitrogens with zero attached hydrogens (tertiary/aromatic N) is 1. The van der Waals surface area contributed by atoms with Crippen LogP contribution in [0.1, 0.15) is 31.2 Å². The second-order valence-electron chi connectivity index (χ2n) is 6.63. The average molecular weight is 375 g/mol. The van der Waals surface area contributed by atoms with Crippen molar-refractivity contribution in [2.24, 2.45) is 5.92 Å². The van der Waals surface area contributed by atoms with E-state index in [-0.39, 0.29) is 17.2 Å². The third-order valence-corrected chi connectivity index (χ3v) is 6.35. The van der Waals surface area contributed by atoms with Crippen LogP contribution >= 0.6 is 0 Å². The van der Waals surface area contributed by atoms with Crippen molar-refractivity contribution < 1.29 is 18.4 Å². The highest BCUT2D eigenvalue weighted by Gasteiger charge is 2.25. The van der Waals surface area contributed by atoms with Crippen LogP contribution in [0, 0.1) is 28.9 Å². The molecule has 2 aromatic carbocycles. The maximum atomic E-state index is 14.0. The van der Waals surface area contributed by atoms with Crippen molar-refractivity contribution >= 4 is 11.2 Å². The van der Waals surface area contributed by atoms with Gasteiger partial charge in [-0.3, -0.25) is 0 Å². The van der Waals surface area contributed by atoms with Gasteiger partial charge in [-0.05, 0) is 61.1 Å². The summed E-state index contributed by atoms with van der Waals surface area (Å²) in [5.41, 5.74) is 0.702. The zero-order valence-electron chi connectivity index (χ0n) is 14.1.